The SMILES string of the molecule is CN=C(NCC(C)(C)N(C)C)NC(C)CCS(C)(=O)=O.I. The number of guanidine groups is 1. The van der Waals surface area contributed by atoms with Gasteiger partial charge in [-0.05, 0) is 41.3 Å². The van der Waals surface area contributed by atoms with Crippen LogP contribution in [0.1, 0.15) is 27.2 Å². The number of halogens is 1. The summed E-state index contributed by atoms with van der Waals surface area (Å²) in [6.45, 7) is 6.98. The molecule has 0 fully saturated rings. The molecule has 2 N–H and O–H groups in total. The number of likely N-dealkylation sites (N-methyl/N-ethyl adjacent to an activating group) is 1. The first kappa shape index (κ1) is 23.2. The summed E-state index contributed by atoms with van der Waals surface area (Å²) in [5.74, 6) is 0.877. The van der Waals surface area contributed by atoms with Crippen LogP contribution in [0.4, 0.5) is 0 Å². The second-order valence-corrected chi connectivity index (χ2v) is 8.36. The van der Waals surface area contributed by atoms with E-state index in [1.807, 2.05) is 21.0 Å². The van der Waals surface area contributed by atoms with E-state index in [-0.39, 0.29) is 41.3 Å². The van der Waals surface area contributed by atoms with E-state index < -0.39 is 9.84 Å². The van der Waals surface area contributed by atoms with Crippen LogP contribution in [-0.2, 0) is 9.84 Å². The standard InChI is InChI=1S/C13H30N4O2S.HI/c1-11(8-9-20(7,18)19)16-12(14-4)15-10-13(2,3)17(5)6;/h11H,8-10H2,1-7H3,(H2,14,15,16);1H. The number of rotatable bonds is 7. The molecule has 0 aromatic heterocycles. The summed E-state index contributed by atoms with van der Waals surface area (Å²) in [4.78, 5) is 6.30. The van der Waals surface area contributed by atoms with Gasteiger partial charge < -0.3 is 15.5 Å². The average molecular weight is 434 g/mol. The minimum Gasteiger partial charge on any atom is -0.355 e. The molecule has 0 aromatic rings. The molecule has 1 atom stereocenters. The van der Waals surface area contributed by atoms with Crippen molar-refractivity contribution in [2.24, 2.45) is 4.99 Å². The molecule has 0 rings (SSSR count). The van der Waals surface area contributed by atoms with Gasteiger partial charge in [0.15, 0.2) is 5.96 Å². The van der Waals surface area contributed by atoms with Gasteiger partial charge in [0.05, 0.1) is 5.75 Å². The van der Waals surface area contributed by atoms with Gasteiger partial charge in [-0.15, -0.1) is 24.0 Å². The molecule has 21 heavy (non-hydrogen) atoms. The Morgan fingerprint density at radius 2 is 1.86 bits per heavy atom. The van der Waals surface area contributed by atoms with Crippen LogP contribution in [0.5, 0.6) is 0 Å². The lowest BCUT2D eigenvalue weighted by atomic mass is 10.0. The zero-order chi connectivity index (χ0) is 16.0. The Bertz CT molecular complexity index is 422. The fourth-order valence-electron chi connectivity index (χ4n) is 1.35. The summed E-state index contributed by atoms with van der Waals surface area (Å²) in [6.07, 6.45) is 1.82. The zero-order valence-electron chi connectivity index (χ0n) is 14.2. The van der Waals surface area contributed by atoms with Crippen molar-refractivity contribution in [1.82, 2.24) is 15.5 Å². The molecule has 0 aliphatic heterocycles. The molecular formula is C13H31IN4O2S. The van der Waals surface area contributed by atoms with Crippen molar-refractivity contribution < 1.29 is 8.42 Å². The maximum atomic E-state index is 11.1. The predicted molar refractivity (Wildman–Crippen MR) is 101 cm³/mol. The number of hydrogen-bond acceptors (Lipinski definition) is 4. The monoisotopic (exact) mass is 434 g/mol. The van der Waals surface area contributed by atoms with Crippen LogP contribution in [-0.4, -0.2) is 70.6 Å². The van der Waals surface area contributed by atoms with Crippen LogP contribution in [0, 0.1) is 0 Å². The summed E-state index contributed by atoms with van der Waals surface area (Å²) in [5, 5.41) is 6.47. The lowest BCUT2D eigenvalue weighted by Crippen LogP contribution is -2.52. The second-order valence-electron chi connectivity index (χ2n) is 6.10. The molecule has 0 aliphatic rings. The molecule has 0 saturated heterocycles. The third-order valence-electron chi connectivity index (χ3n) is 3.43. The highest BCUT2D eigenvalue weighted by atomic mass is 127. The van der Waals surface area contributed by atoms with E-state index in [0.717, 1.165) is 6.54 Å². The number of nitrogens with one attached hydrogen (secondary N) is 2. The predicted octanol–water partition coefficient (Wildman–Crippen LogP) is 0.933. The van der Waals surface area contributed by atoms with E-state index >= 15 is 0 Å². The maximum absolute atomic E-state index is 11.1. The Balaban J connectivity index is 0. The van der Waals surface area contributed by atoms with Crippen LogP contribution in [0.3, 0.4) is 0 Å². The minimum atomic E-state index is -2.92. The van der Waals surface area contributed by atoms with E-state index in [1.54, 1.807) is 7.05 Å². The molecule has 0 radical (unpaired) electrons. The Morgan fingerprint density at radius 1 is 1.33 bits per heavy atom. The lowest BCUT2D eigenvalue weighted by molar-refractivity contribution is 0.197. The zero-order valence-corrected chi connectivity index (χ0v) is 17.4. The molecular weight excluding hydrogens is 403 g/mol. The van der Waals surface area contributed by atoms with Gasteiger partial charge in [-0.3, -0.25) is 4.99 Å². The minimum absolute atomic E-state index is 0. The topological polar surface area (TPSA) is 73.8 Å². The summed E-state index contributed by atoms with van der Waals surface area (Å²) >= 11 is 0. The molecule has 0 bridgehead atoms. The van der Waals surface area contributed by atoms with Gasteiger partial charge in [-0.1, -0.05) is 0 Å². The summed E-state index contributed by atoms with van der Waals surface area (Å²) < 4.78 is 22.3. The fraction of sp³-hybridized carbons (Fsp3) is 0.923. The summed E-state index contributed by atoms with van der Waals surface area (Å²) in [7, 11) is 2.86. The first-order valence-corrected chi connectivity index (χ1v) is 8.86. The number of nitrogens with zero attached hydrogens (tertiary/aromatic N) is 2. The van der Waals surface area contributed by atoms with Crippen LogP contribution in [0.2, 0.25) is 0 Å². The molecule has 0 aliphatic carbocycles. The Labute approximate surface area is 147 Å². The van der Waals surface area contributed by atoms with Crippen LogP contribution < -0.4 is 10.6 Å². The van der Waals surface area contributed by atoms with Gasteiger partial charge in [-0.2, -0.15) is 0 Å². The van der Waals surface area contributed by atoms with Crippen molar-refractivity contribution >= 4 is 39.8 Å². The number of hydrogen-bond donors (Lipinski definition) is 2. The Hall–Kier alpha value is -0.0900. The van der Waals surface area contributed by atoms with Gasteiger partial charge in [0.25, 0.3) is 0 Å². The highest BCUT2D eigenvalue weighted by Gasteiger charge is 2.20. The highest BCUT2D eigenvalue weighted by molar-refractivity contribution is 14.0. The van der Waals surface area contributed by atoms with Crippen molar-refractivity contribution in [2.45, 2.75) is 38.8 Å². The van der Waals surface area contributed by atoms with Crippen molar-refractivity contribution in [3.8, 4) is 0 Å². The lowest BCUT2D eigenvalue weighted by Gasteiger charge is -2.33. The number of sulfone groups is 1. The third-order valence-corrected chi connectivity index (χ3v) is 4.40. The van der Waals surface area contributed by atoms with Crippen molar-refractivity contribution in [3.05, 3.63) is 0 Å². The van der Waals surface area contributed by atoms with E-state index in [4.69, 9.17) is 0 Å². The second kappa shape index (κ2) is 9.83. The van der Waals surface area contributed by atoms with E-state index in [1.165, 1.54) is 6.26 Å². The molecule has 0 spiro atoms. The van der Waals surface area contributed by atoms with E-state index in [2.05, 4.69) is 34.4 Å². The molecule has 0 aromatic carbocycles. The highest BCUT2D eigenvalue weighted by Crippen LogP contribution is 2.07. The van der Waals surface area contributed by atoms with Gasteiger partial charge in [-0.25, -0.2) is 8.42 Å². The molecule has 8 heteroatoms. The largest absolute Gasteiger partial charge is 0.355 e. The van der Waals surface area contributed by atoms with Crippen molar-refractivity contribution in [2.75, 3.05) is 39.7 Å². The van der Waals surface area contributed by atoms with Gasteiger partial charge in [0.1, 0.15) is 9.84 Å². The molecule has 0 amide bonds. The van der Waals surface area contributed by atoms with Gasteiger partial charge in [0.2, 0.25) is 0 Å². The first-order chi connectivity index (χ1) is 8.98. The third kappa shape index (κ3) is 11.2. The Morgan fingerprint density at radius 3 is 2.24 bits per heavy atom. The number of aliphatic imine (C=N–C) groups is 1. The smallest absolute Gasteiger partial charge is 0.191 e. The first-order valence-electron chi connectivity index (χ1n) is 6.80. The van der Waals surface area contributed by atoms with Crippen LogP contribution >= 0.6 is 24.0 Å². The summed E-state index contributed by atoms with van der Waals surface area (Å²) in [6, 6.07) is 0.0541. The molecule has 6 nitrogen and oxygen atoms in total. The van der Waals surface area contributed by atoms with Crippen LogP contribution in [0.25, 0.3) is 0 Å². The molecule has 1 unspecified atom stereocenters. The molecule has 0 saturated carbocycles. The quantitative estimate of drug-likeness (QED) is 0.355. The average Bonchev–Trinajstić information content (AvgIpc) is 2.30. The fourth-order valence-corrected chi connectivity index (χ4v) is 2.13. The van der Waals surface area contributed by atoms with E-state index in [0.29, 0.717) is 12.4 Å². The van der Waals surface area contributed by atoms with Gasteiger partial charge >= 0.3 is 0 Å². The van der Waals surface area contributed by atoms with Crippen molar-refractivity contribution in [3.63, 3.8) is 0 Å². The van der Waals surface area contributed by atoms with Crippen LogP contribution in [0.15, 0.2) is 4.99 Å². The maximum Gasteiger partial charge on any atom is 0.191 e. The molecule has 0 heterocycles. The Kier molecular flexibility index (Phi) is 10.9. The van der Waals surface area contributed by atoms with Crippen molar-refractivity contribution in [1.29, 1.82) is 0 Å². The van der Waals surface area contributed by atoms with E-state index in [9.17, 15) is 8.42 Å². The summed E-state index contributed by atoms with van der Waals surface area (Å²) in [5.41, 5.74) is 0.00756. The van der Waals surface area contributed by atoms with Gasteiger partial charge in [0, 0.05) is 31.4 Å². The molecule has 128 valence electrons. The normalized spacial score (nSPS) is 14.6.